The fourth-order valence-corrected chi connectivity index (χ4v) is 1.30. The number of nitrogens with one attached hydrogen (secondary N) is 1. The molecular formula is C11H14N2O5. The third kappa shape index (κ3) is 3.70. The zero-order chi connectivity index (χ0) is 13.5. The smallest absolute Gasteiger partial charge is 0.310 e. The van der Waals surface area contributed by atoms with Gasteiger partial charge in [0, 0.05) is 13.1 Å². The molecule has 7 nitrogen and oxygen atoms in total. The Labute approximate surface area is 104 Å². The van der Waals surface area contributed by atoms with Gasteiger partial charge in [0.25, 0.3) is 0 Å². The first-order valence-electron chi connectivity index (χ1n) is 5.30. The number of carbonyl (C=O) groups excluding carboxylic acids is 1. The first-order chi connectivity index (χ1) is 8.58. The SMILES string of the molecule is CNC(=O)CCOc1cc(CO)ccc1[N+](=O)[O-]. The van der Waals surface area contributed by atoms with Crippen LogP contribution in [0.5, 0.6) is 5.75 Å². The minimum absolute atomic E-state index is 0.0371. The van der Waals surface area contributed by atoms with Crippen molar-refractivity contribution in [2.24, 2.45) is 0 Å². The molecule has 1 rings (SSSR count). The molecule has 0 heterocycles. The van der Waals surface area contributed by atoms with Gasteiger partial charge in [-0.15, -0.1) is 0 Å². The molecule has 2 N–H and O–H groups in total. The van der Waals surface area contributed by atoms with Crippen molar-refractivity contribution in [3.8, 4) is 5.75 Å². The molecule has 0 atom stereocenters. The zero-order valence-electron chi connectivity index (χ0n) is 9.88. The highest BCUT2D eigenvalue weighted by molar-refractivity contribution is 5.75. The summed E-state index contributed by atoms with van der Waals surface area (Å²) in [5.74, 6) is -0.161. The van der Waals surface area contributed by atoms with Crippen LogP contribution in [0, 0.1) is 10.1 Å². The molecule has 0 aliphatic rings. The lowest BCUT2D eigenvalue weighted by atomic mass is 10.2. The van der Waals surface area contributed by atoms with E-state index in [1.165, 1.54) is 25.2 Å². The number of nitrogens with zero attached hydrogens (tertiary/aromatic N) is 1. The van der Waals surface area contributed by atoms with Gasteiger partial charge in [0.05, 0.1) is 24.6 Å². The number of nitro groups is 1. The summed E-state index contributed by atoms with van der Waals surface area (Å²) in [5, 5.41) is 22.1. The third-order valence-corrected chi connectivity index (χ3v) is 2.27. The highest BCUT2D eigenvalue weighted by Crippen LogP contribution is 2.28. The van der Waals surface area contributed by atoms with Gasteiger partial charge >= 0.3 is 5.69 Å². The standard InChI is InChI=1S/C11H14N2O5/c1-12-11(15)4-5-18-10-6-8(7-14)2-3-9(10)13(16)17/h2-3,6,14H,4-5,7H2,1H3,(H,12,15). The maximum atomic E-state index is 11.0. The van der Waals surface area contributed by atoms with E-state index in [9.17, 15) is 14.9 Å². The highest BCUT2D eigenvalue weighted by atomic mass is 16.6. The second-order valence-electron chi connectivity index (χ2n) is 3.49. The number of carbonyl (C=O) groups is 1. The monoisotopic (exact) mass is 254 g/mol. The maximum absolute atomic E-state index is 11.0. The molecule has 0 bridgehead atoms. The molecule has 1 aromatic rings. The average Bonchev–Trinajstić information content (AvgIpc) is 2.37. The molecule has 0 spiro atoms. The van der Waals surface area contributed by atoms with Gasteiger partial charge in [-0.1, -0.05) is 0 Å². The third-order valence-electron chi connectivity index (χ3n) is 2.27. The summed E-state index contributed by atoms with van der Waals surface area (Å²) in [6, 6.07) is 4.10. The average molecular weight is 254 g/mol. The molecule has 0 aliphatic carbocycles. The van der Waals surface area contributed by atoms with E-state index >= 15 is 0 Å². The summed E-state index contributed by atoms with van der Waals surface area (Å²) in [6.07, 6.45) is 0.108. The molecule has 0 radical (unpaired) electrons. The topological polar surface area (TPSA) is 102 Å². The van der Waals surface area contributed by atoms with Crippen LogP contribution in [0.1, 0.15) is 12.0 Å². The Kier molecular flexibility index (Phi) is 5.06. The van der Waals surface area contributed by atoms with E-state index in [0.29, 0.717) is 5.56 Å². The van der Waals surface area contributed by atoms with Gasteiger partial charge in [-0.2, -0.15) is 0 Å². The molecule has 0 aromatic heterocycles. The van der Waals surface area contributed by atoms with Crippen molar-refractivity contribution < 1.29 is 19.6 Å². The number of benzene rings is 1. The van der Waals surface area contributed by atoms with Crippen molar-refractivity contribution in [1.82, 2.24) is 5.32 Å². The van der Waals surface area contributed by atoms with Crippen LogP contribution < -0.4 is 10.1 Å². The molecular weight excluding hydrogens is 240 g/mol. The van der Waals surface area contributed by atoms with Gasteiger partial charge in [-0.3, -0.25) is 14.9 Å². The van der Waals surface area contributed by atoms with Crippen LogP contribution >= 0.6 is 0 Å². The number of rotatable bonds is 6. The van der Waals surface area contributed by atoms with Crippen LogP contribution in [0.2, 0.25) is 0 Å². The Bertz CT molecular complexity index is 447. The highest BCUT2D eigenvalue weighted by Gasteiger charge is 2.15. The van der Waals surface area contributed by atoms with E-state index in [4.69, 9.17) is 9.84 Å². The summed E-state index contributed by atoms with van der Waals surface area (Å²) in [5.41, 5.74) is 0.319. The lowest BCUT2D eigenvalue weighted by Crippen LogP contribution is -2.20. The van der Waals surface area contributed by atoms with Crippen LogP contribution in [0.25, 0.3) is 0 Å². The first kappa shape index (κ1) is 13.9. The number of aliphatic hydroxyl groups is 1. The van der Waals surface area contributed by atoms with E-state index in [1.807, 2.05) is 0 Å². The summed E-state index contributed by atoms with van der Waals surface area (Å²) in [4.78, 5) is 21.2. The molecule has 98 valence electrons. The van der Waals surface area contributed by atoms with Crippen LogP contribution in [-0.2, 0) is 11.4 Å². The lowest BCUT2D eigenvalue weighted by Gasteiger charge is -2.07. The van der Waals surface area contributed by atoms with Crippen molar-refractivity contribution in [3.63, 3.8) is 0 Å². The fourth-order valence-electron chi connectivity index (χ4n) is 1.30. The molecule has 1 amide bonds. The van der Waals surface area contributed by atoms with Gasteiger partial charge < -0.3 is 15.2 Å². The van der Waals surface area contributed by atoms with Crippen molar-refractivity contribution >= 4 is 11.6 Å². The normalized spacial score (nSPS) is 9.89. The molecule has 0 saturated heterocycles. The van der Waals surface area contributed by atoms with Crippen LogP contribution in [0.15, 0.2) is 18.2 Å². The van der Waals surface area contributed by atoms with Crippen molar-refractivity contribution in [1.29, 1.82) is 0 Å². The van der Waals surface area contributed by atoms with Gasteiger partial charge in [0.15, 0.2) is 5.75 Å². The largest absolute Gasteiger partial charge is 0.486 e. The summed E-state index contributed by atoms with van der Waals surface area (Å²) in [6.45, 7) is -0.195. The predicted octanol–water partition coefficient (Wildman–Crippen LogP) is 0.602. The van der Waals surface area contributed by atoms with E-state index in [1.54, 1.807) is 0 Å². The van der Waals surface area contributed by atoms with Crippen LogP contribution in [0.3, 0.4) is 0 Å². The maximum Gasteiger partial charge on any atom is 0.310 e. The second-order valence-corrected chi connectivity index (χ2v) is 3.49. The Morgan fingerprint density at radius 1 is 1.56 bits per heavy atom. The Hall–Kier alpha value is -2.15. The lowest BCUT2D eigenvalue weighted by molar-refractivity contribution is -0.385. The van der Waals surface area contributed by atoms with Crippen molar-refractivity contribution in [2.75, 3.05) is 13.7 Å². The van der Waals surface area contributed by atoms with E-state index in [-0.39, 0.29) is 37.0 Å². The minimum Gasteiger partial charge on any atom is -0.486 e. The number of hydrogen-bond acceptors (Lipinski definition) is 5. The number of hydrogen-bond donors (Lipinski definition) is 2. The number of amides is 1. The zero-order valence-corrected chi connectivity index (χ0v) is 9.88. The van der Waals surface area contributed by atoms with Gasteiger partial charge in [0.2, 0.25) is 5.91 Å². The number of nitro benzene ring substituents is 1. The van der Waals surface area contributed by atoms with Crippen LogP contribution in [-0.4, -0.2) is 29.6 Å². The predicted molar refractivity (Wildman–Crippen MR) is 63.2 cm³/mol. The fraction of sp³-hybridized carbons (Fsp3) is 0.364. The minimum atomic E-state index is -0.573. The summed E-state index contributed by atoms with van der Waals surface area (Å²) >= 11 is 0. The van der Waals surface area contributed by atoms with Crippen LogP contribution in [0.4, 0.5) is 5.69 Å². The van der Waals surface area contributed by atoms with Gasteiger partial charge in [-0.25, -0.2) is 0 Å². The first-order valence-corrected chi connectivity index (χ1v) is 5.30. The van der Waals surface area contributed by atoms with Crippen molar-refractivity contribution in [2.45, 2.75) is 13.0 Å². The van der Waals surface area contributed by atoms with E-state index < -0.39 is 4.92 Å². The summed E-state index contributed by atoms with van der Waals surface area (Å²) in [7, 11) is 1.50. The van der Waals surface area contributed by atoms with Gasteiger partial charge in [0.1, 0.15) is 0 Å². The molecule has 0 aliphatic heterocycles. The Morgan fingerprint density at radius 2 is 2.28 bits per heavy atom. The molecule has 0 unspecified atom stereocenters. The molecule has 0 fully saturated rings. The quantitative estimate of drug-likeness (QED) is 0.571. The Morgan fingerprint density at radius 3 is 2.83 bits per heavy atom. The van der Waals surface area contributed by atoms with Gasteiger partial charge in [-0.05, 0) is 17.7 Å². The van der Waals surface area contributed by atoms with E-state index in [2.05, 4.69) is 5.32 Å². The summed E-state index contributed by atoms with van der Waals surface area (Å²) < 4.78 is 5.20. The Balaban J connectivity index is 2.78. The molecule has 18 heavy (non-hydrogen) atoms. The second kappa shape index (κ2) is 6.55. The molecule has 1 aromatic carbocycles. The molecule has 0 saturated carbocycles. The number of aliphatic hydroxyl groups excluding tert-OH is 1. The molecule has 7 heteroatoms. The van der Waals surface area contributed by atoms with E-state index in [0.717, 1.165) is 0 Å². The number of ether oxygens (including phenoxy) is 1. The van der Waals surface area contributed by atoms with Crippen molar-refractivity contribution in [3.05, 3.63) is 33.9 Å².